The molecule has 0 spiro atoms. The van der Waals surface area contributed by atoms with Crippen molar-refractivity contribution in [1.82, 2.24) is 9.80 Å². The van der Waals surface area contributed by atoms with Crippen molar-refractivity contribution in [1.29, 1.82) is 0 Å². The number of thiophene rings is 1. The lowest BCUT2D eigenvalue weighted by Gasteiger charge is -2.38. The summed E-state index contributed by atoms with van der Waals surface area (Å²) in [5.74, 6) is 0.607. The molecule has 0 fully saturated rings. The van der Waals surface area contributed by atoms with Crippen LogP contribution in [0, 0.1) is 5.92 Å². The maximum atomic E-state index is 13.7. The van der Waals surface area contributed by atoms with Gasteiger partial charge in [-0.1, -0.05) is 43.6 Å². The normalized spacial score (nSPS) is 15.2. The fourth-order valence-corrected chi connectivity index (χ4v) is 5.47. The third-order valence-electron chi connectivity index (χ3n) is 5.99. The van der Waals surface area contributed by atoms with E-state index in [1.807, 2.05) is 43.0 Å². The number of fused-ring (bicyclic) bond motifs is 1. The smallest absolute Gasteiger partial charge is 0.254 e. The van der Waals surface area contributed by atoms with Gasteiger partial charge in [0.2, 0.25) is 5.91 Å². The first-order chi connectivity index (χ1) is 16.4. The number of rotatable bonds is 7. The quantitative estimate of drug-likeness (QED) is 0.422. The maximum Gasteiger partial charge on any atom is 0.254 e. The third kappa shape index (κ3) is 5.29. The van der Waals surface area contributed by atoms with Crippen molar-refractivity contribution in [2.45, 2.75) is 26.3 Å². The molecular weight excluding hydrogens is 468 g/mol. The summed E-state index contributed by atoms with van der Waals surface area (Å²) < 4.78 is 5.28. The number of carbonyl (C=O) groups is 2. The average molecular weight is 497 g/mol. The van der Waals surface area contributed by atoms with E-state index in [1.54, 1.807) is 47.6 Å². The van der Waals surface area contributed by atoms with Crippen LogP contribution in [0.3, 0.4) is 0 Å². The second kappa shape index (κ2) is 10.6. The molecule has 3 aromatic rings. The van der Waals surface area contributed by atoms with Gasteiger partial charge in [0.25, 0.3) is 5.91 Å². The predicted octanol–water partition coefficient (Wildman–Crippen LogP) is 5.68. The van der Waals surface area contributed by atoms with Crippen molar-refractivity contribution in [3.05, 3.63) is 86.6 Å². The Morgan fingerprint density at radius 2 is 1.94 bits per heavy atom. The molecule has 1 aromatic heterocycles. The van der Waals surface area contributed by atoms with E-state index in [9.17, 15) is 9.59 Å². The van der Waals surface area contributed by atoms with E-state index in [0.717, 1.165) is 17.5 Å². The van der Waals surface area contributed by atoms with E-state index in [-0.39, 0.29) is 30.3 Å². The van der Waals surface area contributed by atoms with Gasteiger partial charge in [-0.3, -0.25) is 9.59 Å². The first-order valence-corrected chi connectivity index (χ1v) is 12.7. The Balaban J connectivity index is 1.62. The minimum absolute atomic E-state index is 0.0256. The van der Waals surface area contributed by atoms with Crippen molar-refractivity contribution >= 4 is 34.8 Å². The molecule has 2 amide bonds. The summed E-state index contributed by atoms with van der Waals surface area (Å²) in [5.41, 5.74) is 2.69. The van der Waals surface area contributed by atoms with Gasteiger partial charge in [0.15, 0.2) is 0 Å². The highest BCUT2D eigenvalue weighted by molar-refractivity contribution is 7.10. The van der Waals surface area contributed by atoms with E-state index in [0.29, 0.717) is 29.4 Å². The van der Waals surface area contributed by atoms with Crippen LogP contribution < -0.4 is 4.74 Å². The van der Waals surface area contributed by atoms with Gasteiger partial charge in [0, 0.05) is 28.6 Å². The lowest BCUT2D eigenvalue weighted by atomic mass is 9.93. The van der Waals surface area contributed by atoms with Crippen LogP contribution >= 0.6 is 22.9 Å². The van der Waals surface area contributed by atoms with Gasteiger partial charge < -0.3 is 14.5 Å². The summed E-state index contributed by atoms with van der Waals surface area (Å²) >= 11 is 7.86. The summed E-state index contributed by atoms with van der Waals surface area (Å²) in [6, 6.07) is 16.7. The fraction of sp³-hybridized carbons (Fsp3) is 0.333. The highest BCUT2D eigenvalue weighted by Crippen LogP contribution is 2.38. The molecular formula is C27H29ClN2O3S. The van der Waals surface area contributed by atoms with Crippen molar-refractivity contribution in [2.75, 3.05) is 26.7 Å². The first-order valence-electron chi connectivity index (χ1n) is 11.4. The molecule has 2 aromatic carbocycles. The third-order valence-corrected chi connectivity index (χ3v) is 7.24. The number of hydrogen-bond donors (Lipinski definition) is 0. The number of nitrogens with zero attached hydrogens (tertiary/aromatic N) is 2. The molecule has 2 heterocycles. The first kappa shape index (κ1) is 24.3. The van der Waals surface area contributed by atoms with E-state index in [4.69, 9.17) is 16.3 Å². The number of hydrogen-bond acceptors (Lipinski definition) is 4. The van der Waals surface area contributed by atoms with Crippen molar-refractivity contribution < 1.29 is 14.3 Å². The molecule has 0 saturated heterocycles. The summed E-state index contributed by atoms with van der Waals surface area (Å²) in [4.78, 5) is 32.0. The van der Waals surface area contributed by atoms with E-state index in [1.165, 1.54) is 4.88 Å². The van der Waals surface area contributed by atoms with Gasteiger partial charge in [0.05, 0.1) is 13.2 Å². The Kier molecular flexibility index (Phi) is 7.59. The standard InChI is InChI=1S/C27H29ClN2O3S/c1-18(2)16-29(27(32)20-5-4-6-22(15-20)33-3)17-25(31)30-13-11-24-23(12-14-34-24)26(30)19-7-9-21(28)10-8-19/h4-10,12,14-15,18,26H,11,13,16-17H2,1-3H3. The predicted molar refractivity (Wildman–Crippen MR) is 137 cm³/mol. The Hall–Kier alpha value is -2.83. The molecule has 0 radical (unpaired) electrons. The number of ether oxygens (including phenoxy) is 1. The molecule has 0 bridgehead atoms. The van der Waals surface area contributed by atoms with Crippen LogP contribution in [0.4, 0.5) is 0 Å². The van der Waals surface area contributed by atoms with Crippen molar-refractivity contribution in [3.63, 3.8) is 0 Å². The van der Waals surface area contributed by atoms with Crippen molar-refractivity contribution in [2.24, 2.45) is 5.92 Å². The van der Waals surface area contributed by atoms with Crippen LogP contribution in [0.1, 0.15) is 46.3 Å². The average Bonchev–Trinajstić information content (AvgIpc) is 3.32. The van der Waals surface area contributed by atoms with Gasteiger partial charge in [-0.05, 0) is 65.2 Å². The van der Waals surface area contributed by atoms with Crippen LogP contribution in [0.2, 0.25) is 5.02 Å². The minimum Gasteiger partial charge on any atom is -0.497 e. The summed E-state index contributed by atoms with van der Waals surface area (Å²) in [6.45, 7) is 5.22. The summed E-state index contributed by atoms with van der Waals surface area (Å²) in [7, 11) is 1.57. The fourth-order valence-electron chi connectivity index (χ4n) is 4.44. The summed E-state index contributed by atoms with van der Waals surface area (Å²) in [5, 5.41) is 2.74. The Morgan fingerprint density at radius 3 is 2.65 bits per heavy atom. The molecule has 1 aliphatic heterocycles. The van der Waals surface area contributed by atoms with Crippen LogP contribution in [-0.4, -0.2) is 48.4 Å². The highest BCUT2D eigenvalue weighted by atomic mass is 35.5. The molecule has 0 saturated carbocycles. The Morgan fingerprint density at radius 1 is 1.18 bits per heavy atom. The largest absolute Gasteiger partial charge is 0.497 e. The zero-order valence-electron chi connectivity index (χ0n) is 19.7. The van der Waals surface area contributed by atoms with Gasteiger partial charge in [-0.2, -0.15) is 0 Å². The van der Waals surface area contributed by atoms with Crippen LogP contribution in [-0.2, 0) is 11.2 Å². The number of carbonyl (C=O) groups excluding carboxylic acids is 2. The molecule has 1 aliphatic rings. The van der Waals surface area contributed by atoms with Gasteiger partial charge in [-0.25, -0.2) is 0 Å². The summed E-state index contributed by atoms with van der Waals surface area (Å²) in [6.07, 6.45) is 0.816. The van der Waals surface area contributed by atoms with Gasteiger partial charge >= 0.3 is 0 Å². The molecule has 4 rings (SSSR count). The molecule has 0 N–H and O–H groups in total. The number of amides is 2. The van der Waals surface area contributed by atoms with E-state index in [2.05, 4.69) is 11.4 Å². The van der Waals surface area contributed by atoms with Crippen LogP contribution in [0.15, 0.2) is 60.0 Å². The zero-order valence-corrected chi connectivity index (χ0v) is 21.2. The molecule has 0 aliphatic carbocycles. The minimum atomic E-state index is -0.187. The second-order valence-corrected chi connectivity index (χ2v) is 10.3. The number of halogens is 1. The topological polar surface area (TPSA) is 49.9 Å². The molecule has 7 heteroatoms. The lowest BCUT2D eigenvalue weighted by Crippen LogP contribution is -2.47. The maximum absolute atomic E-state index is 13.7. The molecule has 1 atom stereocenters. The lowest BCUT2D eigenvalue weighted by molar-refractivity contribution is -0.134. The molecule has 178 valence electrons. The number of benzene rings is 2. The monoisotopic (exact) mass is 496 g/mol. The SMILES string of the molecule is COc1cccc(C(=O)N(CC(=O)N2CCc3sccc3C2c2ccc(Cl)cc2)CC(C)C)c1. The Bertz CT molecular complexity index is 1160. The molecule has 5 nitrogen and oxygen atoms in total. The van der Waals surface area contributed by atoms with E-state index >= 15 is 0 Å². The zero-order chi connectivity index (χ0) is 24.2. The number of methoxy groups -OCH3 is 1. The second-order valence-electron chi connectivity index (χ2n) is 8.90. The van der Waals surface area contributed by atoms with Crippen LogP contribution in [0.5, 0.6) is 5.75 Å². The molecule has 1 unspecified atom stereocenters. The highest BCUT2D eigenvalue weighted by Gasteiger charge is 2.34. The van der Waals surface area contributed by atoms with Gasteiger partial charge in [0.1, 0.15) is 12.3 Å². The van der Waals surface area contributed by atoms with E-state index < -0.39 is 0 Å². The molecule has 34 heavy (non-hydrogen) atoms. The van der Waals surface area contributed by atoms with Gasteiger partial charge in [-0.15, -0.1) is 11.3 Å². The van der Waals surface area contributed by atoms with Crippen molar-refractivity contribution in [3.8, 4) is 5.75 Å². The van der Waals surface area contributed by atoms with Crippen LogP contribution in [0.25, 0.3) is 0 Å². The Labute approximate surface area is 209 Å².